The molecule has 0 aromatic heterocycles. The van der Waals surface area contributed by atoms with Gasteiger partial charge in [-0.25, -0.2) is 8.42 Å². The maximum Gasteiger partial charge on any atom is 0.264 e. The summed E-state index contributed by atoms with van der Waals surface area (Å²) in [5.41, 5.74) is 2.16. The average molecular weight is 358 g/mol. The Morgan fingerprint density at radius 1 is 1.12 bits per heavy atom. The first-order valence-corrected chi connectivity index (χ1v) is 9.66. The average Bonchev–Trinajstić information content (AvgIpc) is 2.59. The van der Waals surface area contributed by atoms with E-state index in [0.717, 1.165) is 12.0 Å². The highest BCUT2D eigenvalue weighted by Gasteiger charge is 2.32. The molecule has 132 valence electrons. The topological polar surface area (TPSA) is 66.5 Å². The summed E-state index contributed by atoms with van der Waals surface area (Å²) in [5.74, 6) is -0.164. The highest BCUT2D eigenvalue weighted by molar-refractivity contribution is 7.93. The van der Waals surface area contributed by atoms with Crippen molar-refractivity contribution < 1.29 is 13.2 Å². The zero-order valence-electron chi connectivity index (χ0n) is 14.8. The van der Waals surface area contributed by atoms with Gasteiger partial charge in [0.05, 0.1) is 10.6 Å². The summed E-state index contributed by atoms with van der Waals surface area (Å²) in [6.45, 7) is 5.96. The molecule has 1 aliphatic rings. The van der Waals surface area contributed by atoms with E-state index in [9.17, 15) is 13.2 Å². The number of hydrogen-bond donors (Lipinski definition) is 1. The number of amides is 1. The SMILES string of the molecule is CCC(C)(C)NC(=O)c1ccc2c(c1)-c1ccccc1S(=O)(=O)N2C. The van der Waals surface area contributed by atoms with Gasteiger partial charge in [-0.1, -0.05) is 25.1 Å². The number of fused-ring (bicyclic) bond motifs is 3. The van der Waals surface area contributed by atoms with E-state index >= 15 is 0 Å². The summed E-state index contributed by atoms with van der Waals surface area (Å²) < 4.78 is 26.6. The van der Waals surface area contributed by atoms with E-state index in [-0.39, 0.29) is 16.3 Å². The molecule has 2 aromatic rings. The van der Waals surface area contributed by atoms with Crippen LogP contribution in [0.3, 0.4) is 0 Å². The molecule has 0 atom stereocenters. The molecule has 0 spiro atoms. The maximum atomic E-state index is 12.7. The fraction of sp³-hybridized carbons (Fsp3) is 0.316. The summed E-state index contributed by atoms with van der Waals surface area (Å²) >= 11 is 0. The summed E-state index contributed by atoms with van der Waals surface area (Å²) in [4.78, 5) is 12.8. The summed E-state index contributed by atoms with van der Waals surface area (Å²) in [6, 6.07) is 12.0. The first kappa shape index (κ1) is 17.5. The molecule has 6 heteroatoms. The highest BCUT2D eigenvalue weighted by Crippen LogP contribution is 2.42. The molecule has 0 unspecified atom stereocenters. The molecule has 0 bridgehead atoms. The second kappa shape index (κ2) is 5.88. The molecular weight excluding hydrogens is 336 g/mol. The third kappa shape index (κ3) is 2.91. The minimum atomic E-state index is -3.57. The third-order valence-corrected chi connectivity index (χ3v) is 6.58. The van der Waals surface area contributed by atoms with Gasteiger partial charge in [-0.3, -0.25) is 9.10 Å². The van der Waals surface area contributed by atoms with Crippen molar-refractivity contribution >= 4 is 21.6 Å². The monoisotopic (exact) mass is 358 g/mol. The minimum absolute atomic E-state index is 0.164. The Morgan fingerprint density at radius 3 is 2.48 bits per heavy atom. The van der Waals surface area contributed by atoms with Gasteiger partial charge in [0.2, 0.25) is 0 Å². The standard InChI is InChI=1S/C19H22N2O3S/c1-5-19(2,3)20-18(22)13-10-11-16-15(12-13)14-8-6-7-9-17(14)25(23,24)21(16)4/h6-12H,5H2,1-4H3,(H,20,22). The van der Waals surface area contributed by atoms with E-state index in [4.69, 9.17) is 0 Å². The molecule has 0 aliphatic carbocycles. The molecule has 0 radical (unpaired) electrons. The van der Waals surface area contributed by atoms with Crippen LogP contribution < -0.4 is 9.62 Å². The van der Waals surface area contributed by atoms with Crippen LogP contribution in [0.25, 0.3) is 11.1 Å². The van der Waals surface area contributed by atoms with Crippen LogP contribution >= 0.6 is 0 Å². The fourth-order valence-corrected chi connectivity index (χ4v) is 4.25. The Morgan fingerprint density at radius 2 is 1.80 bits per heavy atom. The van der Waals surface area contributed by atoms with Gasteiger partial charge in [-0.15, -0.1) is 0 Å². The maximum absolute atomic E-state index is 12.7. The Balaban J connectivity index is 2.12. The predicted molar refractivity (Wildman–Crippen MR) is 99.3 cm³/mol. The number of hydrogen-bond acceptors (Lipinski definition) is 3. The lowest BCUT2D eigenvalue weighted by atomic mass is 9.98. The Bertz CT molecular complexity index is 949. The summed E-state index contributed by atoms with van der Waals surface area (Å²) in [5, 5.41) is 3.01. The van der Waals surface area contributed by atoms with Crippen LogP contribution in [0.15, 0.2) is 47.4 Å². The van der Waals surface area contributed by atoms with Crippen molar-refractivity contribution in [2.24, 2.45) is 0 Å². The van der Waals surface area contributed by atoms with Gasteiger partial charge in [0.15, 0.2) is 0 Å². The van der Waals surface area contributed by atoms with Gasteiger partial charge < -0.3 is 5.32 Å². The lowest BCUT2D eigenvalue weighted by molar-refractivity contribution is 0.0911. The Labute approximate surface area is 148 Å². The highest BCUT2D eigenvalue weighted by atomic mass is 32.2. The zero-order chi connectivity index (χ0) is 18.4. The van der Waals surface area contributed by atoms with E-state index in [1.165, 1.54) is 11.4 Å². The number of nitrogens with one attached hydrogen (secondary N) is 1. The van der Waals surface area contributed by atoms with Crippen molar-refractivity contribution in [3.63, 3.8) is 0 Å². The molecule has 1 amide bonds. The van der Waals surface area contributed by atoms with Crippen molar-refractivity contribution in [3.05, 3.63) is 48.0 Å². The second-order valence-corrected chi connectivity index (χ2v) is 8.83. The molecule has 0 saturated heterocycles. The van der Waals surface area contributed by atoms with Crippen molar-refractivity contribution in [2.75, 3.05) is 11.4 Å². The number of anilines is 1. The van der Waals surface area contributed by atoms with E-state index in [1.54, 1.807) is 42.5 Å². The van der Waals surface area contributed by atoms with Crippen molar-refractivity contribution in [2.45, 2.75) is 37.6 Å². The Hall–Kier alpha value is -2.34. The normalized spacial score (nSPS) is 15.3. The van der Waals surface area contributed by atoms with Crippen LogP contribution in [-0.4, -0.2) is 26.9 Å². The smallest absolute Gasteiger partial charge is 0.264 e. The third-order valence-electron chi connectivity index (χ3n) is 4.75. The molecule has 5 nitrogen and oxygen atoms in total. The molecule has 0 fully saturated rings. The van der Waals surface area contributed by atoms with Crippen molar-refractivity contribution in [3.8, 4) is 11.1 Å². The van der Waals surface area contributed by atoms with Gasteiger partial charge in [-0.05, 0) is 44.5 Å². The quantitative estimate of drug-likeness (QED) is 0.914. The van der Waals surface area contributed by atoms with E-state index in [0.29, 0.717) is 16.8 Å². The van der Waals surface area contributed by atoms with Crippen LogP contribution in [0.2, 0.25) is 0 Å². The van der Waals surface area contributed by atoms with Crippen LogP contribution in [0.5, 0.6) is 0 Å². The first-order valence-electron chi connectivity index (χ1n) is 8.22. The van der Waals surface area contributed by atoms with Crippen molar-refractivity contribution in [1.29, 1.82) is 0 Å². The van der Waals surface area contributed by atoms with E-state index in [2.05, 4.69) is 5.32 Å². The largest absolute Gasteiger partial charge is 0.347 e. The van der Waals surface area contributed by atoms with E-state index < -0.39 is 10.0 Å². The summed E-state index contributed by atoms with van der Waals surface area (Å²) in [7, 11) is -2.04. The number of nitrogens with zero attached hydrogens (tertiary/aromatic N) is 1. The zero-order valence-corrected chi connectivity index (χ0v) is 15.6. The lowest BCUT2D eigenvalue weighted by Crippen LogP contribution is -2.42. The van der Waals surface area contributed by atoms with E-state index in [1.807, 2.05) is 20.8 Å². The number of rotatable bonds is 3. The molecule has 3 rings (SSSR count). The molecule has 1 N–H and O–H groups in total. The van der Waals surface area contributed by atoms with Gasteiger partial charge in [0, 0.05) is 29.3 Å². The number of carbonyl (C=O) groups is 1. The number of sulfonamides is 1. The fourth-order valence-electron chi connectivity index (χ4n) is 2.83. The van der Waals surface area contributed by atoms with Crippen molar-refractivity contribution in [1.82, 2.24) is 5.32 Å². The molecule has 25 heavy (non-hydrogen) atoms. The second-order valence-electron chi connectivity index (χ2n) is 6.89. The van der Waals surface area contributed by atoms with Gasteiger partial charge >= 0.3 is 0 Å². The minimum Gasteiger partial charge on any atom is -0.347 e. The van der Waals surface area contributed by atoms with Gasteiger partial charge in [0.25, 0.3) is 15.9 Å². The number of carbonyl (C=O) groups excluding carboxylic acids is 1. The number of benzene rings is 2. The lowest BCUT2D eigenvalue weighted by Gasteiger charge is -2.30. The van der Waals surface area contributed by atoms with Gasteiger partial charge in [-0.2, -0.15) is 0 Å². The molecule has 2 aromatic carbocycles. The molecule has 1 aliphatic heterocycles. The molecule has 0 saturated carbocycles. The molecular formula is C19H22N2O3S. The Kier molecular flexibility index (Phi) is 4.11. The van der Waals surface area contributed by atoms with Crippen LogP contribution in [0.1, 0.15) is 37.6 Å². The van der Waals surface area contributed by atoms with Crippen LogP contribution in [0.4, 0.5) is 5.69 Å². The summed E-state index contributed by atoms with van der Waals surface area (Å²) in [6.07, 6.45) is 0.813. The van der Waals surface area contributed by atoms with Gasteiger partial charge in [0.1, 0.15) is 0 Å². The van der Waals surface area contributed by atoms with Crippen LogP contribution in [-0.2, 0) is 10.0 Å². The molecule has 1 heterocycles. The van der Waals surface area contributed by atoms with Crippen LogP contribution in [0, 0.1) is 0 Å². The first-order chi connectivity index (χ1) is 11.7. The predicted octanol–water partition coefficient (Wildman–Crippen LogP) is 3.41.